The summed E-state index contributed by atoms with van der Waals surface area (Å²) >= 11 is 1.74. The zero-order chi connectivity index (χ0) is 16.1. The Hall–Kier alpha value is -1.33. The molecule has 1 aliphatic rings. The molecule has 0 atom stereocenters. The predicted octanol–water partition coefficient (Wildman–Crippen LogP) is 3.78. The minimum Gasteiger partial charge on any atom is -0.308 e. The number of hydrogen-bond donors (Lipinski definition) is 1. The van der Waals surface area contributed by atoms with Crippen LogP contribution in [0.25, 0.3) is 0 Å². The van der Waals surface area contributed by atoms with Gasteiger partial charge in [0.2, 0.25) is 0 Å². The Morgan fingerprint density at radius 2 is 1.87 bits per heavy atom. The van der Waals surface area contributed by atoms with Crippen molar-refractivity contribution in [3.8, 4) is 0 Å². The van der Waals surface area contributed by atoms with E-state index in [1.807, 2.05) is 6.07 Å². The third-order valence-corrected chi connectivity index (χ3v) is 5.79. The van der Waals surface area contributed by atoms with Gasteiger partial charge in [-0.1, -0.05) is 49.0 Å². The zero-order valence-electron chi connectivity index (χ0n) is 14.0. The highest BCUT2D eigenvalue weighted by atomic mass is 32.2. The summed E-state index contributed by atoms with van der Waals surface area (Å²) in [6.07, 6.45) is 5.26. The number of benzene rings is 1. The second kappa shape index (κ2) is 7.97. The van der Waals surface area contributed by atoms with E-state index in [0.29, 0.717) is 6.04 Å². The Kier molecular flexibility index (Phi) is 5.73. The van der Waals surface area contributed by atoms with Gasteiger partial charge in [-0.15, -0.1) is 10.2 Å². The fraction of sp³-hybridized carbons (Fsp3) is 0.556. The van der Waals surface area contributed by atoms with E-state index in [9.17, 15) is 0 Å². The summed E-state index contributed by atoms with van der Waals surface area (Å²) in [6, 6.07) is 11.1. The SMILES string of the molecule is CC1CCC(NCc2nnc(SCc3ccccc3)n2C)CC1. The van der Waals surface area contributed by atoms with Crippen LogP contribution < -0.4 is 5.32 Å². The van der Waals surface area contributed by atoms with Crippen LogP contribution in [0.5, 0.6) is 0 Å². The number of hydrogen-bond acceptors (Lipinski definition) is 4. The van der Waals surface area contributed by atoms with Crippen molar-refractivity contribution in [3.63, 3.8) is 0 Å². The molecule has 0 unspecified atom stereocenters. The first-order valence-electron chi connectivity index (χ1n) is 8.50. The molecule has 1 saturated carbocycles. The third kappa shape index (κ3) is 4.58. The second-order valence-electron chi connectivity index (χ2n) is 6.57. The summed E-state index contributed by atoms with van der Waals surface area (Å²) in [5, 5.41) is 13.3. The molecule has 0 radical (unpaired) electrons. The first-order chi connectivity index (χ1) is 11.2. The van der Waals surface area contributed by atoms with Crippen LogP contribution in [0.4, 0.5) is 0 Å². The topological polar surface area (TPSA) is 42.7 Å². The van der Waals surface area contributed by atoms with Gasteiger partial charge in [0.25, 0.3) is 0 Å². The summed E-state index contributed by atoms with van der Waals surface area (Å²) in [6.45, 7) is 3.17. The van der Waals surface area contributed by atoms with E-state index < -0.39 is 0 Å². The molecular formula is C18H26N4S. The standard InChI is InChI=1S/C18H26N4S/c1-14-8-10-16(11-9-14)19-12-17-20-21-18(22(17)2)23-13-15-6-4-3-5-7-15/h3-7,14,16,19H,8-13H2,1-2H3. The number of rotatable bonds is 6. The summed E-state index contributed by atoms with van der Waals surface area (Å²) < 4.78 is 2.12. The van der Waals surface area contributed by atoms with Crippen LogP contribution in [0.3, 0.4) is 0 Å². The minimum absolute atomic E-state index is 0.642. The zero-order valence-corrected chi connectivity index (χ0v) is 14.9. The number of nitrogens with one attached hydrogen (secondary N) is 1. The van der Waals surface area contributed by atoms with Crippen molar-refractivity contribution >= 4 is 11.8 Å². The molecule has 2 aromatic rings. The third-order valence-electron chi connectivity index (χ3n) is 4.70. The highest BCUT2D eigenvalue weighted by Gasteiger charge is 2.18. The summed E-state index contributed by atoms with van der Waals surface area (Å²) in [5.41, 5.74) is 1.32. The maximum atomic E-state index is 4.36. The number of aromatic nitrogens is 3. The molecule has 3 rings (SSSR count). The van der Waals surface area contributed by atoms with Gasteiger partial charge in [-0.3, -0.25) is 0 Å². The number of thioether (sulfide) groups is 1. The molecule has 0 spiro atoms. The van der Waals surface area contributed by atoms with Crippen LogP contribution in [0.15, 0.2) is 35.5 Å². The van der Waals surface area contributed by atoms with E-state index in [1.165, 1.54) is 31.2 Å². The summed E-state index contributed by atoms with van der Waals surface area (Å²) in [5.74, 6) is 2.85. The molecule has 0 bridgehead atoms. The van der Waals surface area contributed by atoms with Gasteiger partial charge >= 0.3 is 0 Å². The van der Waals surface area contributed by atoms with E-state index >= 15 is 0 Å². The Morgan fingerprint density at radius 3 is 2.61 bits per heavy atom. The van der Waals surface area contributed by atoms with Crippen LogP contribution in [-0.4, -0.2) is 20.8 Å². The Morgan fingerprint density at radius 1 is 1.13 bits per heavy atom. The van der Waals surface area contributed by atoms with Crippen molar-refractivity contribution in [3.05, 3.63) is 41.7 Å². The van der Waals surface area contributed by atoms with Gasteiger partial charge in [-0.05, 0) is 37.2 Å². The van der Waals surface area contributed by atoms with Crippen molar-refractivity contribution in [1.29, 1.82) is 0 Å². The maximum Gasteiger partial charge on any atom is 0.191 e. The van der Waals surface area contributed by atoms with E-state index in [0.717, 1.165) is 29.2 Å². The first kappa shape index (κ1) is 16.5. The molecular weight excluding hydrogens is 304 g/mol. The minimum atomic E-state index is 0.642. The summed E-state index contributed by atoms with van der Waals surface area (Å²) in [7, 11) is 2.06. The largest absolute Gasteiger partial charge is 0.308 e. The summed E-state index contributed by atoms with van der Waals surface area (Å²) in [4.78, 5) is 0. The van der Waals surface area contributed by atoms with E-state index in [2.05, 4.69) is 58.3 Å². The molecule has 0 saturated heterocycles. The van der Waals surface area contributed by atoms with Crippen LogP contribution in [0, 0.1) is 5.92 Å². The number of nitrogens with zero attached hydrogens (tertiary/aromatic N) is 3. The molecule has 0 amide bonds. The molecule has 1 N–H and O–H groups in total. The van der Waals surface area contributed by atoms with E-state index in [1.54, 1.807) is 11.8 Å². The van der Waals surface area contributed by atoms with Gasteiger partial charge in [0.15, 0.2) is 5.16 Å². The van der Waals surface area contributed by atoms with Crippen LogP contribution >= 0.6 is 11.8 Å². The van der Waals surface area contributed by atoms with Crippen molar-refractivity contribution in [2.24, 2.45) is 13.0 Å². The molecule has 4 nitrogen and oxygen atoms in total. The van der Waals surface area contributed by atoms with Gasteiger partial charge in [0.05, 0.1) is 6.54 Å². The Labute approximate surface area is 143 Å². The Bertz CT molecular complexity index is 603. The lowest BCUT2D eigenvalue weighted by molar-refractivity contribution is 0.304. The highest BCUT2D eigenvalue weighted by molar-refractivity contribution is 7.98. The normalized spacial score (nSPS) is 21.5. The molecule has 1 fully saturated rings. The van der Waals surface area contributed by atoms with E-state index in [4.69, 9.17) is 0 Å². The lowest BCUT2D eigenvalue weighted by Gasteiger charge is -2.26. The average Bonchev–Trinajstić information content (AvgIpc) is 2.93. The fourth-order valence-corrected chi connectivity index (χ4v) is 3.93. The molecule has 124 valence electrons. The molecule has 23 heavy (non-hydrogen) atoms. The van der Waals surface area contributed by atoms with Crippen LogP contribution in [0.1, 0.15) is 44.0 Å². The van der Waals surface area contributed by atoms with Gasteiger partial charge < -0.3 is 9.88 Å². The van der Waals surface area contributed by atoms with Crippen LogP contribution in [-0.2, 0) is 19.3 Å². The fourth-order valence-electron chi connectivity index (χ4n) is 3.05. The first-order valence-corrected chi connectivity index (χ1v) is 9.49. The van der Waals surface area contributed by atoms with Gasteiger partial charge in [-0.25, -0.2) is 0 Å². The quantitative estimate of drug-likeness (QED) is 0.819. The van der Waals surface area contributed by atoms with Gasteiger partial charge in [-0.2, -0.15) is 0 Å². The lowest BCUT2D eigenvalue weighted by atomic mass is 9.87. The molecule has 1 aromatic heterocycles. The predicted molar refractivity (Wildman–Crippen MR) is 95.3 cm³/mol. The molecule has 5 heteroatoms. The lowest BCUT2D eigenvalue weighted by Crippen LogP contribution is -2.33. The van der Waals surface area contributed by atoms with Gasteiger partial charge in [0.1, 0.15) is 5.82 Å². The second-order valence-corrected chi connectivity index (χ2v) is 7.51. The highest BCUT2D eigenvalue weighted by Crippen LogP contribution is 2.24. The van der Waals surface area contributed by atoms with Crippen molar-refractivity contribution in [1.82, 2.24) is 20.1 Å². The molecule has 0 aliphatic heterocycles. The van der Waals surface area contributed by atoms with Crippen molar-refractivity contribution in [2.75, 3.05) is 0 Å². The molecule has 1 aliphatic carbocycles. The monoisotopic (exact) mass is 330 g/mol. The molecule has 1 heterocycles. The smallest absolute Gasteiger partial charge is 0.191 e. The average molecular weight is 331 g/mol. The van der Waals surface area contributed by atoms with E-state index in [-0.39, 0.29) is 0 Å². The maximum absolute atomic E-state index is 4.36. The van der Waals surface area contributed by atoms with Crippen molar-refractivity contribution in [2.45, 2.75) is 56.1 Å². The van der Waals surface area contributed by atoms with Crippen molar-refractivity contribution < 1.29 is 0 Å². The Balaban J connectivity index is 1.50. The van der Waals surface area contributed by atoms with Gasteiger partial charge in [0, 0.05) is 18.8 Å². The van der Waals surface area contributed by atoms with Crippen LogP contribution in [0.2, 0.25) is 0 Å². The molecule has 1 aromatic carbocycles.